The zero-order chi connectivity index (χ0) is 20.8. The lowest BCUT2D eigenvalue weighted by Gasteiger charge is -2.07. The molecule has 1 heterocycles. The molecular weight excluding hydrogens is 395 g/mol. The van der Waals surface area contributed by atoms with Crippen LogP contribution >= 0.6 is 11.8 Å². The lowest BCUT2D eigenvalue weighted by molar-refractivity contribution is -0.113. The molecule has 3 rings (SSSR count). The van der Waals surface area contributed by atoms with Crippen molar-refractivity contribution in [3.8, 4) is 0 Å². The number of fused-ring (bicyclic) bond motifs is 1. The predicted molar refractivity (Wildman–Crippen MR) is 112 cm³/mol. The van der Waals surface area contributed by atoms with Crippen LogP contribution in [-0.2, 0) is 15.3 Å². The maximum absolute atomic E-state index is 12.9. The average molecular weight is 414 g/mol. The van der Waals surface area contributed by atoms with Gasteiger partial charge in [-0.3, -0.25) is 9.59 Å². The number of carbonyl (C=O) groups excluding carboxylic acids is 2. The summed E-state index contributed by atoms with van der Waals surface area (Å²) in [7, 11) is 0. The normalized spacial score (nSPS) is 10.7. The summed E-state index contributed by atoms with van der Waals surface area (Å²) < 4.78 is 17.8. The van der Waals surface area contributed by atoms with Gasteiger partial charge < -0.3 is 15.0 Å². The maximum atomic E-state index is 12.9. The van der Waals surface area contributed by atoms with Crippen molar-refractivity contribution in [3.05, 3.63) is 75.8 Å². The van der Waals surface area contributed by atoms with Crippen LogP contribution in [-0.4, -0.2) is 29.2 Å². The molecule has 29 heavy (non-hydrogen) atoms. The van der Waals surface area contributed by atoms with Gasteiger partial charge in [-0.15, -0.1) is 11.8 Å². The Morgan fingerprint density at radius 1 is 1.14 bits per heavy atom. The van der Waals surface area contributed by atoms with Crippen LogP contribution in [0.2, 0.25) is 0 Å². The van der Waals surface area contributed by atoms with Crippen molar-refractivity contribution in [1.82, 2.24) is 4.98 Å². The van der Waals surface area contributed by atoms with Gasteiger partial charge in [0, 0.05) is 34.1 Å². The van der Waals surface area contributed by atoms with Crippen molar-refractivity contribution in [1.29, 1.82) is 0 Å². The van der Waals surface area contributed by atoms with E-state index in [4.69, 9.17) is 4.74 Å². The van der Waals surface area contributed by atoms with Crippen molar-refractivity contribution >= 4 is 40.2 Å². The second-order valence-corrected chi connectivity index (χ2v) is 7.17. The molecule has 6 nitrogen and oxygen atoms in total. The number of esters is 1. The summed E-state index contributed by atoms with van der Waals surface area (Å²) in [5.74, 6) is -0.447. The lowest BCUT2D eigenvalue weighted by atomic mass is 10.1. The highest BCUT2D eigenvalue weighted by Crippen LogP contribution is 2.16. The maximum Gasteiger partial charge on any atom is 0.338 e. The molecule has 0 aliphatic carbocycles. The molecule has 1 amide bonds. The molecule has 0 spiro atoms. The fourth-order valence-electron chi connectivity index (χ4n) is 2.71. The van der Waals surface area contributed by atoms with Crippen LogP contribution in [0, 0.1) is 5.82 Å². The minimum atomic E-state index is -0.472. The molecule has 1 aromatic heterocycles. The number of amides is 1. The number of H-pyrrole nitrogens is 1. The van der Waals surface area contributed by atoms with E-state index < -0.39 is 5.97 Å². The van der Waals surface area contributed by atoms with Gasteiger partial charge in [0.05, 0.1) is 17.9 Å². The zero-order valence-electron chi connectivity index (χ0n) is 15.7. The van der Waals surface area contributed by atoms with Gasteiger partial charge in [-0.05, 0) is 49.4 Å². The van der Waals surface area contributed by atoms with Crippen molar-refractivity contribution in [2.45, 2.75) is 12.7 Å². The number of thioether (sulfide) groups is 1. The van der Waals surface area contributed by atoms with Crippen molar-refractivity contribution in [2.75, 3.05) is 17.7 Å². The van der Waals surface area contributed by atoms with E-state index in [-0.39, 0.29) is 29.5 Å². The number of hydrogen-bond acceptors (Lipinski definition) is 5. The van der Waals surface area contributed by atoms with E-state index in [0.717, 1.165) is 0 Å². The summed E-state index contributed by atoms with van der Waals surface area (Å²) in [6.45, 7) is 1.98. The van der Waals surface area contributed by atoms with Crippen LogP contribution in [0.5, 0.6) is 0 Å². The highest BCUT2D eigenvalue weighted by molar-refractivity contribution is 7.99. The molecule has 0 aliphatic heterocycles. The van der Waals surface area contributed by atoms with Crippen LogP contribution in [0.4, 0.5) is 10.1 Å². The van der Waals surface area contributed by atoms with Gasteiger partial charge in [-0.1, -0.05) is 0 Å². The van der Waals surface area contributed by atoms with Gasteiger partial charge >= 0.3 is 5.97 Å². The Kier molecular flexibility index (Phi) is 6.66. The predicted octanol–water partition coefficient (Wildman–Crippen LogP) is 3.72. The molecule has 3 aromatic rings. The van der Waals surface area contributed by atoms with Crippen LogP contribution < -0.4 is 10.7 Å². The summed E-state index contributed by atoms with van der Waals surface area (Å²) in [5, 5.41) is 3.08. The SMILES string of the molecule is CCOC(=O)c1ccc2[nH]c(CSCC(=O)Nc3ccc(F)cc3)cc(=O)c2c1. The van der Waals surface area contributed by atoms with Gasteiger partial charge in [-0.2, -0.15) is 0 Å². The first-order valence-electron chi connectivity index (χ1n) is 8.92. The Balaban J connectivity index is 1.62. The Labute approximate surface area is 170 Å². The minimum Gasteiger partial charge on any atom is -0.462 e. The fraction of sp³-hybridized carbons (Fsp3) is 0.190. The number of aromatic nitrogens is 1. The third-order valence-corrected chi connectivity index (χ3v) is 5.00. The Hall–Kier alpha value is -3.13. The third kappa shape index (κ3) is 5.45. The standard InChI is InChI=1S/C21H19FN2O4S/c1-2-28-21(27)13-3-8-18-17(9-13)19(25)10-16(23-18)11-29-12-20(26)24-15-6-4-14(22)5-7-15/h3-10H,2,11-12H2,1H3,(H,23,25)(H,24,26). The van der Waals surface area contributed by atoms with Crippen LogP contribution in [0.15, 0.2) is 53.3 Å². The van der Waals surface area contributed by atoms with Gasteiger partial charge in [-0.25, -0.2) is 9.18 Å². The molecular formula is C21H19FN2O4S. The Bertz CT molecular complexity index is 1100. The summed E-state index contributed by atoms with van der Waals surface area (Å²) in [4.78, 5) is 39.4. The van der Waals surface area contributed by atoms with Crippen molar-refractivity contribution in [2.24, 2.45) is 0 Å². The second-order valence-electron chi connectivity index (χ2n) is 6.19. The molecule has 0 saturated carbocycles. The zero-order valence-corrected chi connectivity index (χ0v) is 16.5. The van der Waals surface area contributed by atoms with Crippen molar-refractivity contribution in [3.63, 3.8) is 0 Å². The molecule has 150 valence electrons. The highest BCUT2D eigenvalue weighted by Gasteiger charge is 2.10. The number of anilines is 1. The number of aromatic amines is 1. The molecule has 2 N–H and O–H groups in total. The minimum absolute atomic E-state index is 0.180. The fourth-order valence-corrected chi connectivity index (χ4v) is 3.44. The van der Waals surface area contributed by atoms with Crippen LogP contribution in [0.25, 0.3) is 10.9 Å². The smallest absolute Gasteiger partial charge is 0.338 e. The molecule has 0 radical (unpaired) electrons. The molecule has 0 aliphatic rings. The number of ether oxygens (including phenoxy) is 1. The largest absolute Gasteiger partial charge is 0.462 e. The Morgan fingerprint density at radius 3 is 2.62 bits per heavy atom. The van der Waals surface area contributed by atoms with E-state index in [2.05, 4.69) is 10.3 Å². The number of carbonyl (C=O) groups is 2. The summed E-state index contributed by atoms with van der Waals surface area (Å²) in [6, 6.07) is 11.8. The number of benzene rings is 2. The first-order valence-corrected chi connectivity index (χ1v) is 10.1. The van der Waals surface area contributed by atoms with Gasteiger partial charge in [0.25, 0.3) is 0 Å². The first kappa shape index (κ1) is 20.6. The quantitative estimate of drug-likeness (QED) is 0.576. The molecule has 8 heteroatoms. The number of rotatable bonds is 7. The van der Waals surface area contributed by atoms with Gasteiger partial charge in [0.1, 0.15) is 5.82 Å². The highest BCUT2D eigenvalue weighted by atomic mass is 32.2. The van der Waals surface area contributed by atoms with Gasteiger partial charge in [0.2, 0.25) is 5.91 Å². The van der Waals surface area contributed by atoms with E-state index in [1.54, 1.807) is 19.1 Å². The van der Waals surface area contributed by atoms with Crippen LogP contribution in [0.3, 0.4) is 0 Å². The third-order valence-electron chi connectivity index (χ3n) is 4.02. The summed E-state index contributed by atoms with van der Waals surface area (Å²) in [6.07, 6.45) is 0. The van der Waals surface area contributed by atoms with Crippen molar-refractivity contribution < 1.29 is 18.7 Å². The van der Waals surface area contributed by atoms with Crippen LogP contribution in [0.1, 0.15) is 23.0 Å². The monoisotopic (exact) mass is 414 g/mol. The molecule has 0 atom stereocenters. The van der Waals surface area contributed by atoms with E-state index >= 15 is 0 Å². The summed E-state index contributed by atoms with van der Waals surface area (Å²) >= 11 is 1.34. The Morgan fingerprint density at radius 2 is 1.90 bits per heavy atom. The lowest BCUT2D eigenvalue weighted by Crippen LogP contribution is -2.14. The van der Waals surface area contributed by atoms with E-state index in [1.165, 1.54) is 48.2 Å². The average Bonchev–Trinajstić information content (AvgIpc) is 2.70. The topological polar surface area (TPSA) is 88.3 Å². The molecule has 0 fully saturated rings. The second kappa shape index (κ2) is 9.38. The molecule has 0 bridgehead atoms. The summed E-state index contributed by atoms with van der Waals surface area (Å²) in [5.41, 5.74) is 1.91. The molecule has 0 saturated heterocycles. The molecule has 2 aromatic carbocycles. The number of hydrogen-bond donors (Lipinski definition) is 2. The van der Waals surface area contributed by atoms with E-state index in [1.807, 2.05) is 0 Å². The number of pyridine rings is 1. The van der Waals surface area contributed by atoms with E-state index in [9.17, 15) is 18.8 Å². The first-order chi connectivity index (χ1) is 14.0. The number of nitrogens with one attached hydrogen (secondary N) is 2. The van der Waals surface area contributed by atoms with Gasteiger partial charge in [0.15, 0.2) is 5.43 Å². The molecule has 0 unspecified atom stereocenters. The van der Waals surface area contributed by atoms with E-state index in [0.29, 0.717) is 33.6 Å². The number of halogens is 1.